The van der Waals surface area contributed by atoms with Crippen LogP contribution >= 0.6 is 22.7 Å². The summed E-state index contributed by atoms with van der Waals surface area (Å²) in [7, 11) is 2.06. The molecule has 0 spiro atoms. The minimum absolute atomic E-state index is 0.312. The van der Waals surface area contributed by atoms with Crippen molar-refractivity contribution in [3.8, 4) is 16.2 Å². The lowest BCUT2D eigenvalue weighted by atomic mass is 9.96. The van der Waals surface area contributed by atoms with Crippen LogP contribution in [0.1, 0.15) is 20.9 Å². The number of ether oxygens (including phenoxy) is 1. The van der Waals surface area contributed by atoms with Gasteiger partial charge in [0.2, 0.25) is 0 Å². The number of pyridine rings is 1. The number of hydrogen-bond donors (Lipinski definition) is 2. The third-order valence-corrected chi connectivity index (χ3v) is 7.53. The van der Waals surface area contributed by atoms with Crippen molar-refractivity contribution in [1.29, 1.82) is 0 Å². The number of alkyl halides is 3. The zero-order chi connectivity index (χ0) is 24.0. The van der Waals surface area contributed by atoms with Gasteiger partial charge < -0.3 is 20.7 Å². The summed E-state index contributed by atoms with van der Waals surface area (Å²) < 4.78 is 41.0. The molecule has 0 saturated heterocycles. The summed E-state index contributed by atoms with van der Waals surface area (Å²) in [6.45, 7) is 1.65. The second-order valence-electron chi connectivity index (χ2n) is 7.93. The van der Waals surface area contributed by atoms with E-state index in [0.717, 1.165) is 58.7 Å². The van der Waals surface area contributed by atoms with Crippen LogP contribution in [0.4, 0.5) is 24.5 Å². The molecule has 5 rings (SSSR count). The van der Waals surface area contributed by atoms with E-state index in [1.807, 2.05) is 17.5 Å². The highest BCUT2D eigenvalue weighted by molar-refractivity contribution is 7.21. The van der Waals surface area contributed by atoms with E-state index in [2.05, 4.69) is 22.0 Å². The number of nitrogens with zero attached hydrogens (tertiary/aromatic N) is 2. The predicted octanol–water partition coefficient (Wildman–Crippen LogP) is 5.75. The van der Waals surface area contributed by atoms with Gasteiger partial charge in [0, 0.05) is 46.7 Å². The van der Waals surface area contributed by atoms with Gasteiger partial charge in [-0.3, -0.25) is 4.79 Å². The van der Waals surface area contributed by atoms with Gasteiger partial charge in [-0.15, -0.1) is 35.8 Å². The molecule has 0 bridgehead atoms. The molecule has 1 aromatic carbocycles. The van der Waals surface area contributed by atoms with E-state index in [1.54, 1.807) is 11.3 Å². The minimum atomic E-state index is -4.78. The van der Waals surface area contributed by atoms with Gasteiger partial charge >= 0.3 is 6.36 Å². The number of thiophene rings is 2. The van der Waals surface area contributed by atoms with E-state index < -0.39 is 12.3 Å². The van der Waals surface area contributed by atoms with Crippen LogP contribution in [0.2, 0.25) is 0 Å². The van der Waals surface area contributed by atoms with Crippen LogP contribution in [-0.2, 0) is 13.0 Å². The lowest BCUT2D eigenvalue weighted by Gasteiger charge is -2.26. The number of benzene rings is 1. The Hall–Kier alpha value is -3.15. The van der Waals surface area contributed by atoms with Crippen molar-refractivity contribution < 1.29 is 22.7 Å². The number of carbonyl (C=O) groups excluding carboxylic acids is 1. The molecular weight excluding hydrogens is 485 g/mol. The molecule has 0 saturated carbocycles. The molecule has 3 aromatic heterocycles. The highest BCUT2D eigenvalue weighted by Gasteiger charge is 2.31. The van der Waals surface area contributed by atoms with Crippen LogP contribution in [0.3, 0.4) is 0 Å². The monoisotopic (exact) mass is 504 g/mol. The van der Waals surface area contributed by atoms with Crippen molar-refractivity contribution in [2.45, 2.75) is 19.3 Å². The van der Waals surface area contributed by atoms with Crippen molar-refractivity contribution in [2.24, 2.45) is 0 Å². The van der Waals surface area contributed by atoms with Crippen LogP contribution in [0.25, 0.3) is 20.7 Å². The topological polar surface area (TPSA) is 80.5 Å². The Morgan fingerprint density at radius 1 is 1.24 bits per heavy atom. The molecule has 0 atom stereocenters. The normalized spacial score (nSPS) is 14.2. The van der Waals surface area contributed by atoms with Gasteiger partial charge in [-0.2, -0.15) is 0 Å². The first kappa shape index (κ1) is 22.6. The van der Waals surface area contributed by atoms with Crippen molar-refractivity contribution in [1.82, 2.24) is 9.88 Å². The van der Waals surface area contributed by atoms with E-state index in [4.69, 9.17) is 10.7 Å². The fourth-order valence-electron chi connectivity index (χ4n) is 4.05. The highest BCUT2D eigenvalue weighted by Crippen LogP contribution is 2.44. The Morgan fingerprint density at radius 2 is 2.00 bits per heavy atom. The molecule has 1 aliphatic heterocycles. The summed E-state index contributed by atoms with van der Waals surface area (Å²) in [5, 5.41) is 5.47. The Labute approximate surface area is 200 Å². The zero-order valence-corrected chi connectivity index (χ0v) is 19.5. The van der Waals surface area contributed by atoms with Gasteiger partial charge in [0.25, 0.3) is 5.91 Å². The molecule has 0 unspecified atom stereocenters. The molecule has 176 valence electrons. The van der Waals surface area contributed by atoms with Gasteiger partial charge in [-0.25, -0.2) is 4.98 Å². The van der Waals surface area contributed by atoms with E-state index in [1.165, 1.54) is 23.5 Å². The van der Waals surface area contributed by atoms with Gasteiger partial charge in [-0.05, 0) is 48.3 Å². The maximum Gasteiger partial charge on any atom is 0.573 e. The average molecular weight is 505 g/mol. The third-order valence-electron chi connectivity index (χ3n) is 5.54. The smallest absolute Gasteiger partial charge is 0.406 e. The molecule has 34 heavy (non-hydrogen) atoms. The molecule has 0 fully saturated rings. The molecule has 11 heteroatoms. The van der Waals surface area contributed by atoms with Crippen LogP contribution < -0.4 is 15.8 Å². The maximum atomic E-state index is 13.1. The maximum absolute atomic E-state index is 13.1. The highest BCUT2D eigenvalue weighted by atomic mass is 32.1. The zero-order valence-electron chi connectivity index (χ0n) is 17.9. The second kappa shape index (κ2) is 8.57. The quantitative estimate of drug-likeness (QED) is 0.370. The summed E-state index contributed by atoms with van der Waals surface area (Å²) in [5.74, 6) is -0.815. The molecule has 1 aliphatic rings. The number of carbonyl (C=O) groups is 1. The van der Waals surface area contributed by atoms with Crippen molar-refractivity contribution in [3.63, 3.8) is 0 Å². The number of hydrogen-bond acceptors (Lipinski definition) is 7. The molecule has 3 N–H and O–H groups in total. The van der Waals surface area contributed by atoms with Crippen LogP contribution in [0.15, 0.2) is 41.8 Å². The summed E-state index contributed by atoms with van der Waals surface area (Å²) in [5.41, 5.74) is 10.3. The first-order valence-corrected chi connectivity index (χ1v) is 12.0. The Morgan fingerprint density at radius 3 is 2.68 bits per heavy atom. The average Bonchev–Trinajstić information content (AvgIpc) is 3.41. The van der Waals surface area contributed by atoms with Crippen molar-refractivity contribution in [2.75, 3.05) is 24.6 Å². The number of fused-ring (bicyclic) bond motifs is 2. The lowest BCUT2D eigenvalue weighted by Crippen LogP contribution is -2.27. The van der Waals surface area contributed by atoms with Gasteiger partial charge in [0.1, 0.15) is 15.5 Å². The second-order valence-corrected chi connectivity index (χ2v) is 9.88. The van der Waals surface area contributed by atoms with Gasteiger partial charge in [0.05, 0.1) is 5.69 Å². The number of nitrogens with one attached hydrogen (secondary N) is 1. The number of aromatic nitrogens is 1. The fourth-order valence-corrected chi connectivity index (χ4v) is 5.87. The largest absolute Gasteiger partial charge is 0.573 e. The SMILES string of the molecule is CN1CCc2nc3sc(C(=O)Nc4ccc(OC(F)(F)F)cc4)c(N)c3c(-c3cccs3)c2C1. The number of nitrogen functional groups attached to an aromatic ring is 1. The van der Waals surface area contributed by atoms with E-state index in [9.17, 15) is 18.0 Å². The molecular formula is C23H19F3N4O2S2. The van der Waals surface area contributed by atoms with Crippen LogP contribution in [0.5, 0.6) is 5.75 Å². The standard InChI is InChI=1S/C23H19F3N4O2S2/c1-30-9-8-15-14(11-30)17(16-3-2-10-33-16)18-19(27)20(34-22(18)29-15)21(31)28-12-4-6-13(7-5-12)32-23(24,25)26/h2-7,10H,8-9,11,27H2,1H3,(H,28,31). The predicted molar refractivity (Wildman–Crippen MR) is 128 cm³/mol. The Bertz CT molecular complexity index is 1370. The number of anilines is 2. The Kier molecular flexibility index (Phi) is 5.70. The fraction of sp³-hybridized carbons (Fsp3) is 0.217. The Balaban J connectivity index is 1.52. The van der Waals surface area contributed by atoms with Gasteiger partial charge in [-0.1, -0.05) is 6.07 Å². The molecule has 4 heterocycles. The van der Waals surface area contributed by atoms with Crippen molar-refractivity contribution >= 4 is 50.2 Å². The van der Waals surface area contributed by atoms with Crippen molar-refractivity contribution in [3.05, 3.63) is 57.9 Å². The molecule has 4 aromatic rings. The van der Waals surface area contributed by atoms with E-state index in [0.29, 0.717) is 21.1 Å². The minimum Gasteiger partial charge on any atom is -0.406 e. The van der Waals surface area contributed by atoms with Crippen LogP contribution in [-0.4, -0.2) is 35.7 Å². The number of halogens is 3. The molecule has 0 aliphatic carbocycles. The van der Waals surface area contributed by atoms with Crippen LogP contribution in [0, 0.1) is 0 Å². The van der Waals surface area contributed by atoms with E-state index in [-0.39, 0.29) is 5.75 Å². The number of likely N-dealkylation sites (N-methyl/N-ethyl adjacent to an activating group) is 1. The van der Waals surface area contributed by atoms with Gasteiger partial charge in [0.15, 0.2) is 0 Å². The third kappa shape index (κ3) is 4.33. The molecule has 1 amide bonds. The molecule has 6 nitrogen and oxygen atoms in total. The molecule has 0 radical (unpaired) electrons. The summed E-state index contributed by atoms with van der Waals surface area (Å²) >= 11 is 2.83. The first-order valence-electron chi connectivity index (χ1n) is 10.3. The number of nitrogens with two attached hydrogens (primary N) is 1. The lowest BCUT2D eigenvalue weighted by molar-refractivity contribution is -0.274. The summed E-state index contributed by atoms with van der Waals surface area (Å²) in [6.07, 6.45) is -3.97. The van der Waals surface area contributed by atoms with E-state index >= 15 is 0 Å². The summed E-state index contributed by atoms with van der Waals surface area (Å²) in [6, 6.07) is 8.97. The number of rotatable bonds is 4. The first-order chi connectivity index (χ1) is 16.2. The summed E-state index contributed by atoms with van der Waals surface area (Å²) in [4.78, 5) is 22.2. The number of amides is 1.